The lowest BCUT2D eigenvalue weighted by atomic mass is 10.1. The smallest absolute Gasteiger partial charge is 0.316 e. The third-order valence-electron chi connectivity index (χ3n) is 2.88. The summed E-state index contributed by atoms with van der Waals surface area (Å²) in [6, 6.07) is 8.26. The molecule has 0 bridgehead atoms. The summed E-state index contributed by atoms with van der Waals surface area (Å²) < 4.78 is 0. The van der Waals surface area contributed by atoms with Crippen LogP contribution in [-0.4, -0.2) is 36.6 Å². The summed E-state index contributed by atoms with van der Waals surface area (Å²) in [5, 5.41) is 5.93. The lowest BCUT2D eigenvalue weighted by Crippen LogP contribution is -2.35. The standard InChI is InChI=1S/C15H19N3OS/c1-11-5-4-6-12(9-11)14-17-13(10-20-14)7-8-16-15(19)18(2)3/h4-6,9-10H,7-8H2,1-3H3,(H,16,19). The van der Waals surface area contributed by atoms with Gasteiger partial charge in [0.1, 0.15) is 5.01 Å². The largest absolute Gasteiger partial charge is 0.338 e. The molecule has 0 aliphatic carbocycles. The highest BCUT2D eigenvalue weighted by Crippen LogP contribution is 2.24. The Morgan fingerprint density at radius 3 is 2.90 bits per heavy atom. The molecule has 106 valence electrons. The highest BCUT2D eigenvalue weighted by Gasteiger charge is 2.06. The lowest BCUT2D eigenvalue weighted by Gasteiger charge is -2.10. The monoisotopic (exact) mass is 289 g/mol. The normalized spacial score (nSPS) is 10.3. The van der Waals surface area contributed by atoms with Crippen molar-refractivity contribution >= 4 is 17.4 Å². The van der Waals surface area contributed by atoms with Gasteiger partial charge in [-0.15, -0.1) is 11.3 Å². The number of hydrogen-bond acceptors (Lipinski definition) is 3. The zero-order valence-electron chi connectivity index (χ0n) is 12.0. The predicted molar refractivity (Wildman–Crippen MR) is 83.1 cm³/mol. The summed E-state index contributed by atoms with van der Waals surface area (Å²) in [4.78, 5) is 17.5. The Labute approximate surface area is 123 Å². The summed E-state index contributed by atoms with van der Waals surface area (Å²) in [6.07, 6.45) is 0.752. The van der Waals surface area contributed by atoms with Crippen LogP contribution in [0.5, 0.6) is 0 Å². The van der Waals surface area contributed by atoms with Crippen LogP contribution in [0.4, 0.5) is 4.79 Å². The Morgan fingerprint density at radius 1 is 1.40 bits per heavy atom. The number of rotatable bonds is 4. The molecule has 0 aliphatic heterocycles. The van der Waals surface area contributed by atoms with Crippen LogP contribution in [0.3, 0.4) is 0 Å². The molecule has 0 saturated heterocycles. The van der Waals surface area contributed by atoms with E-state index in [4.69, 9.17) is 0 Å². The Balaban J connectivity index is 1.94. The SMILES string of the molecule is Cc1cccc(-c2nc(CCNC(=O)N(C)C)cs2)c1. The molecule has 1 aromatic heterocycles. The molecule has 5 heteroatoms. The fourth-order valence-corrected chi connectivity index (χ4v) is 2.64. The van der Waals surface area contributed by atoms with Crippen LogP contribution in [0.25, 0.3) is 10.6 Å². The summed E-state index contributed by atoms with van der Waals surface area (Å²) in [6.45, 7) is 2.68. The fraction of sp³-hybridized carbons (Fsp3) is 0.333. The van der Waals surface area contributed by atoms with Crippen molar-refractivity contribution in [2.45, 2.75) is 13.3 Å². The summed E-state index contributed by atoms with van der Waals surface area (Å²) >= 11 is 1.64. The molecule has 2 amide bonds. The molecule has 4 nitrogen and oxygen atoms in total. The molecule has 1 aromatic carbocycles. The highest BCUT2D eigenvalue weighted by molar-refractivity contribution is 7.13. The second-order valence-corrected chi connectivity index (χ2v) is 5.75. The van der Waals surface area contributed by atoms with Gasteiger partial charge in [-0.3, -0.25) is 0 Å². The second kappa shape index (κ2) is 6.52. The number of amides is 2. The van der Waals surface area contributed by atoms with Crippen molar-refractivity contribution < 1.29 is 4.79 Å². The zero-order chi connectivity index (χ0) is 14.5. The number of carbonyl (C=O) groups excluding carboxylic acids is 1. The summed E-state index contributed by atoms with van der Waals surface area (Å²) in [5.74, 6) is 0. The Morgan fingerprint density at radius 2 is 2.20 bits per heavy atom. The average molecular weight is 289 g/mol. The third-order valence-corrected chi connectivity index (χ3v) is 3.82. The molecule has 0 fully saturated rings. The van der Waals surface area contributed by atoms with Crippen LogP contribution in [0, 0.1) is 6.92 Å². The van der Waals surface area contributed by atoms with Crippen molar-refractivity contribution in [1.29, 1.82) is 0 Å². The molecule has 1 heterocycles. The van der Waals surface area contributed by atoms with Crippen molar-refractivity contribution in [2.24, 2.45) is 0 Å². The molecule has 0 radical (unpaired) electrons. The van der Waals surface area contributed by atoms with E-state index < -0.39 is 0 Å². The maximum atomic E-state index is 11.4. The van der Waals surface area contributed by atoms with Crippen molar-refractivity contribution in [3.63, 3.8) is 0 Å². The maximum Gasteiger partial charge on any atom is 0.316 e. The molecule has 0 unspecified atom stereocenters. The third kappa shape index (κ3) is 3.81. The Hall–Kier alpha value is -1.88. The molecule has 0 aliphatic rings. The molecule has 20 heavy (non-hydrogen) atoms. The number of nitrogens with one attached hydrogen (secondary N) is 1. The lowest BCUT2D eigenvalue weighted by molar-refractivity contribution is 0.217. The van der Waals surface area contributed by atoms with Crippen molar-refractivity contribution in [3.05, 3.63) is 40.9 Å². The molecule has 0 atom stereocenters. The molecular weight excluding hydrogens is 270 g/mol. The quantitative estimate of drug-likeness (QED) is 0.940. The van der Waals surface area contributed by atoms with E-state index in [1.807, 2.05) is 6.07 Å². The number of urea groups is 1. The Kier molecular flexibility index (Phi) is 4.74. The average Bonchev–Trinajstić information content (AvgIpc) is 2.87. The van der Waals surface area contributed by atoms with Gasteiger partial charge in [-0.25, -0.2) is 9.78 Å². The second-order valence-electron chi connectivity index (χ2n) is 4.89. The van der Waals surface area contributed by atoms with Crippen LogP contribution in [0.2, 0.25) is 0 Å². The number of carbonyl (C=O) groups is 1. The van der Waals surface area contributed by atoms with E-state index >= 15 is 0 Å². The first-order valence-electron chi connectivity index (χ1n) is 6.53. The van der Waals surface area contributed by atoms with E-state index in [2.05, 4.69) is 40.8 Å². The molecular formula is C15H19N3OS. The maximum absolute atomic E-state index is 11.4. The molecule has 1 N–H and O–H groups in total. The molecule has 2 rings (SSSR count). The minimum Gasteiger partial charge on any atom is -0.338 e. The van der Waals surface area contributed by atoms with E-state index in [0.29, 0.717) is 6.54 Å². The van der Waals surface area contributed by atoms with Gasteiger partial charge in [-0.1, -0.05) is 23.8 Å². The number of nitrogens with zero attached hydrogens (tertiary/aromatic N) is 2. The van der Waals surface area contributed by atoms with Crippen LogP contribution in [-0.2, 0) is 6.42 Å². The predicted octanol–water partition coefficient (Wildman–Crippen LogP) is 2.93. The zero-order valence-corrected chi connectivity index (χ0v) is 12.8. The van der Waals surface area contributed by atoms with Gasteiger partial charge in [0.15, 0.2) is 0 Å². The van der Waals surface area contributed by atoms with Crippen molar-refractivity contribution in [1.82, 2.24) is 15.2 Å². The van der Waals surface area contributed by atoms with Gasteiger partial charge < -0.3 is 10.2 Å². The number of thiazole rings is 1. The summed E-state index contributed by atoms with van der Waals surface area (Å²) in [5.41, 5.74) is 3.40. The first-order chi connectivity index (χ1) is 9.56. The van der Waals surface area contributed by atoms with Gasteiger partial charge in [0, 0.05) is 38.0 Å². The first kappa shape index (κ1) is 14.5. The number of hydrogen-bond donors (Lipinski definition) is 1. The highest BCUT2D eigenvalue weighted by atomic mass is 32.1. The molecule has 2 aromatic rings. The number of benzene rings is 1. The van der Waals surface area contributed by atoms with E-state index in [9.17, 15) is 4.79 Å². The molecule has 0 saturated carbocycles. The topological polar surface area (TPSA) is 45.2 Å². The van der Waals surface area contributed by atoms with E-state index in [-0.39, 0.29) is 6.03 Å². The van der Waals surface area contributed by atoms with E-state index in [1.165, 1.54) is 10.5 Å². The van der Waals surface area contributed by atoms with Gasteiger partial charge in [-0.2, -0.15) is 0 Å². The number of aromatic nitrogens is 1. The van der Waals surface area contributed by atoms with Crippen LogP contribution in [0.15, 0.2) is 29.6 Å². The number of aryl methyl sites for hydroxylation is 1. The van der Waals surface area contributed by atoms with Gasteiger partial charge in [-0.05, 0) is 13.0 Å². The minimum absolute atomic E-state index is 0.0702. The minimum atomic E-state index is -0.0702. The summed E-state index contributed by atoms with van der Waals surface area (Å²) in [7, 11) is 3.46. The van der Waals surface area contributed by atoms with Gasteiger partial charge in [0.25, 0.3) is 0 Å². The van der Waals surface area contributed by atoms with Crippen LogP contribution >= 0.6 is 11.3 Å². The van der Waals surface area contributed by atoms with Gasteiger partial charge in [0.05, 0.1) is 5.69 Å². The van der Waals surface area contributed by atoms with Crippen LogP contribution in [0.1, 0.15) is 11.3 Å². The van der Waals surface area contributed by atoms with Gasteiger partial charge in [0.2, 0.25) is 0 Å². The van der Waals surface area contributed by atoms with Crippen LogP contribution < -0.4 is 5.32 Å². The van der Waals surface area contributed by atoms with Crippen molar-refractivity contribution in [3.8, 4) is 10.6 Å². The van der Waals surface area contributed by atoms with E-state index in [1.54, 1.807) is 25.4 Å². The van der Waals surface area contributed by atoms with Gasteiger partial charge >= 0.3 is 6.03 Å². The van der Waals surface area contributed by atoms with Crippen molar-refractivity contribution in [2.75, 3.05) is 20.6 Å². The Bertz CT molecular complexity index is 592. The van der Waals surface area contributed by atoms with E-state index in [0.717, 1.165) is 22.7 Å². The first-order valence-corrected chi connectivity index (χ1v) is 7.41. The molecule has 0 spiro atoms. The fourth-order valence-electron chi connectivity index (χ4n) is 1.79.